The molecule has 0 atom stereocenters. The van der Waals surface area contributed by atoms with Crippen LogP contribution in [0, 0.1) is 12.3 Å². The van der Waals surface area contributed by atoms with E-state index in [-0.39, 0.29) is 11.8 Å². The fourth-order valence-electron chi connectivity index (χ4n) is 3.13. The standard InChI is InChI=1S/C18H25N3O2/c1-14-5-3-4-6-15(14)13-19-16(22)18(7-8-18)17(23)21-11-9-20(2)10-12-21/h3-6H,7-13H2,1-2H3,(H,19,22). The van der Waals surface area contributed by atoms with Crippen molar-refractivity contribution >= 4 is 11.8 Å². The Hall–Kier alpha value is -1.88. The predicted molar refractivity (Wildman–Crippen MR) is 88.8 cm³/mol. The Bertz CT molecular complexity index is 602. The van der Waals surface area contributed by atoms with Crippen molar-refractivity contribution in [1.82, 2.24) is 15.1 Å². The number of nitrogens with one attached hydrogen (secondary N) is 1. The lowest BCUT2D eigenvalue weighted by Gasteiger charge is -2.34. The molecule has 1 heterocycles. The summed E-state index contributed by atoms with van der Waals surface area (Å²) in [7, 11) is 2.06. The number of carbonyl (C=O) groups excluding carboxylic acids is 2. The minimum absolute atomic E-state index is 0.0212. The van der Waals surface area contributed by atoms with Crippen molar-refractivity contribution in [3.05, 3.63) is 35.4 Å². The third-order valence-corrected chi connectivity index (χ3v) is 5.09. The average molecular weight is 315 g/mol. The van der Waals surface area contributed by atoms with Gasteiger partial charge in [0.25, 0.3) is 0 Å². The maximum absolute atomic E-state index is 12.8. The van der Waals surface area contributed by atoms with Gasteiger partial charge in [-0.15, -0.1) is 0 Å². The number of rotatable bonds is 4. The molecule has 1 aromatic rings. The van der Waals surface area contributed by atoms with Crippen LogP contribution in [0.15, 0.2) is 24.3 Å². The molecule has 1 N–H and O–H groups in total. The van der Waals surface area contributed by atoms with Crippen LogP contribution in [-0.4, -0.2) is 54.8 Å². The summed E-state index contributed by atoms with van der Waals surface area (Å²) < 4.78 is 0. The topological polar surface area (TPSA) is 52.7 Å². The molecule has 0 aromatic heterocycles. The van der Waals surface area contributed by atoms with Gasteiger partial charge in [-0.2, -0.15) is 0 Å². The second-order valence-corrected chi connectivity index (χ2v) is 6.79. The van der Waals surface area contributed by atoms with Gasteiger partial charge in [0.1, 0.15) is 5.41 Å². The van der Waals surface area contributed by atoms with Crippen molar-refractivity contribution in [2.45, 2.75) is 26.3 Å². The molecule has 1 aromatic carbocycles. The molecule has 5 heteroatoms. The third kappa shape index (κ3) is 3.24. The number of hydrogen-bond acceptors (Lipinski definition) is 3. The van der Waals surface area contributed by atoms with Crippen LogP contribution in [0.5, 0.6) is 0 Å². The molecular weight excluding hydrogens is 290 g/mol. The van der Waals surface area contributed by atoms with E-state index >= 15 is 0 Å². The Morgan fingerprint density at radius 3 is 2.39 bits per heavy atom. The highest BCUT2D eigenvalue weighted by atomic mass is 16.2. The van der Waals surface area contributed by atoms with Gasteiger partial charge in [-0.3, -0.25) is 9.59 Å². The molecule has 124 valence electrons. The summed E-state index contributed by atoms with van der Waals surface area (Å²) >= 11 is 0. The first-order valence-electron chi connectivity index (χ1n) is 8.34. The van der Waals surface area contributed by atoms with Gasteiger partial charge in [0.2, 0.25) is 11.8 Å². The van der Waals surface area contributed by atoms with E-state index in [0.717, 1.165) is 37.3 Å². The van der Waals surface area contributed by atoms with Crippen molar-refractivity contribution in [2.75, 3.05) is 33.2 Å². The summed E-state index contributed by atoms with van der Waals surface area (Å²) in [6.45, 7) is 5.73. The Morgan fingerprint density at radius 2 is 1.78 bits per heavy atom. The van der Waals surface area contributed by atoms with E-state index in [1.165, 1.54) is 0 Å². The molecule has 0 radical (unpaired) electrons. The molecule has 1 aliphatic heterocycles. The molecule has 0 unspecified atom stereocenters. The Balaban J connectivity index is 1.60. The van der Waals surface area contributed by atoms with Gasteiger partial charge in [0.15, 0.2) is 0 Å². The van der Waals surface area contributed by atoms with E-state index in [1.807, 2.05) is 36.1 Å². The summed E-state index contributed by atoms with van der Waals surface area (Å²) in [5, 5.41) is 2.97. The maximum Gasteiger partial charge on any atom is 0.238 e. The van der Waals surface area contributed by atoms with Crippen LogP contribution in [-0.2, 0) is 16.1 Å². The first-order valence-corrected chi connectivity index (χ1v) is 8.34. The smallest absolute Gasteiger partial charge is 0.238 e. The van der Waals surface area contributed by atoms with Gasteiger partial charge < -0.3 is 15.1 Å². The van der Waals surface area contributed by atoms with Crippen LogP contribution >= 0.6 is 0 Å². The van der Waals surface area contributed by atoms with Crippen LogP contribution in [0.2, 0.25) is 0 Å². The fraction of sp³-hybridized carbons (Fsp3) is 0.556. The molecular formula is C18H25N3O2. The monoisotopic (exact) mass is 315 g/mol. The van der Waals surface area contributed by atoms with Crippen molar-refractivity contribution < 1.29 is 9.59 Å². The molecule has 1 saturated heterocycles. The maximum atomic E-state index is 12.8. The summed E-state index contributed by atoms with van der Waals surface area (Å²) in [4.78, 5) is 29.4. The van der Waals surface area contributed by atoms with Crippen molar-refractivity contribution in [3.63, 3.8) is 0 Å². The molecule has 5 nitrogen and oxygen atoms in total. The molecule has 2 fully saturated rings. The number of aryl methyl sites for hydroxylation is 1. The number of amides is 2. The van der Waals surface area contributed by atoms with E-state index in [1.54, 1.807) is 0 Å². The van der Waals surface area contributed by atoms with Gasteiger partial charge in [0.05, 0.1) is 0 Å². The minimum atomic E-state index is -0.793. The van der Waals surface area contributed by atoms with Crippen LogP contribution in [0.25, 0.3) is 0 Å². The lowest BCUT2D eigenvalue weighted by Crippen LogP contribution is -2.52. The Morgan fingerprint density at radius 1 is 1.13 bits per heavy atom. The molecule has 2 aliphatic rings. The first-order chi connectivity index (χ1) is 11.0. The molecule has 1 aliphatic carbocycles. The zero-order valence-corrected chi connectivity index (χ0v) is 14.0. The van der Waals surface area contributed by atoms with Crippen LogP contribution in [0.1, 0.15) is 24.0 Å². The van der Waals surface area contributed by atoms with Gasteiger partial charge in [0, 0.05) is 32.7 Å². The molecule has 23 heavy (non-hydrogen) atoms. The minimum Gasteiger partial charge on any atom is -0.351 e. The van der Waals surface area contributed by atoms with E-state index in [4.69, 9.17) is 0 Å². The fourth-order valence-corrected chi connectivity index (χ4v) is 3.13. The van der Waals surface area contributed by atoms with Crippen molar-refractivity contribution in [1.29, 1.82) is 0 Å². The number of nitrogens with zero attached hydrogens (tertiary/aromatic N) is 2. The number of hydrogen-bond donors (Lipinski definition) is 1. The summed E-state index contributed by atoms with van der Waals surface area (Å²) in [6.07, 6.45) is 1.36. The molecule has 2 amide bonds. The van der Waals surface area contributed by atoms with Gasteiger partial charge in [-0.1, -0.05) is 24.3 Å². The van der Waals surface area contributed by atoms with E-state index in [2.05, 4.69) is 17.3 Å². The SMILES string of the molecule is Cc1ccccc1CNC(=O)C1(C(=O)N2CCN(C)CC2)CC1. The van der Waals surface area contributed by atoms with Crippen LogP contribution < -0.4 is 5.32 Å². The summed E-state index contributed by atoms with van der Waals surface area (Å²) in [5.41, 5.74) is 1.46. The highest BCUT2D eigenvalue weighted by molar-refractivity contribution is 6.07. The largest absolute Gasteiger partial charge is 0.351 e. The van der Waals surface area contributed by atoms with Gasteiger partial charge in [-0.25, -0.2) is 0 Å². The van der Waals surface area contributed by atoms with Crippen LogP contribution in [0.4, 0.5) is 0 Å². The molecule has 0 spiro atoms. The zero-order chi connectivity index (χ0) is 16.4. The summed E-state index contributed by atoms with van der Waals surface area (Å²) in [5.74, 6) is -0.0856. The predicted octanol–water partition coefficient (Wildman–Crippen LogP) is 1.17. The second kappa shape index (κ2) is 6.32. The Kier molecular flexibility index (Phi) is 4.39. The average Bonchev–Trinajstić information content (AvgIpc) is 3.36. The number of benzene rings is 1. The normalized spacial score (nSPS) is 20.2. The van der Waals surface area contributed by atoms with Gasteiger partial charge in [-0.05, 0) is 37.9 Å². The highest BCUT2D eigenvalue weighted by Gasteiger charge is 2.57. The third-order valence-electron chi connectivity index (χ3n) is 5.09. The Labute approximate surface area is 137 Å². The summed E-state index contributed by atoms with van der Waals surface area (Å²) in [6, 6.07) is 8.00. The molecule has 3 rings (SSSR count). The van der Waals surface area contributed by atoms with E-state index < -0.39 is 5.41 Å². The van der Waals surface area contributed by atoms with Crippen molar-refractivity contribution in [2.24, 2.45) is 5.41 Å². The number of carbonyl (C=O) groups is 2. The van der Waals surface area contributed by atoms with E-state index in [9.17, 15) is 9.59 Å². The van der Waals surface area contributed by atoms with Crippen molar-refractivity contribution in [3.8, 4) is 0 Å². The molecule has 0 bridgehead atoms. The quantitative estimate of drug-likeness (QED) is 0.849. The zero-order valence-electron chi connectivity index (χ0n) is 14.0. The van der Waals surface area contributed by atoms with Gasteiger partial charge >= 0.3 is 0 Å². The number of likely N-dealkylation sites (N-methyl/N-ethyl adjacent to an activating group) is 1. The lowest BCUT2D eigenvalue weighted by atomic mass is 10.0. The lowest BCUT2D eigenvalue weighted by molar-refractivity contribution is -0.145. The van der Waals surface area contributed by atoms with E-state index in [0.29, 0.717) is 19.4 Å². The highest BCUT2D eigenvalue weighted by Crippen LogP contribution is 2.47. The van der Waals surface area contributed by atoms with Crippen LogP contribution in [0.3, 0.4) is 0 Å². The first kappa shape index (κ1) is 16.0. The number of piperazine rings is 1. The second-order valence-electron chi connectivity index (χ2n) is 6.79. The molecule has 1 saturated carbocycles.